The Kier molecular flexibility index (Phi) is 3.71. The Labute approximate surface area is 134 Å². The number of pyridine rings is 1. The maximum atomic E-state index is 6.24. The first-order valence-electron chi connectivity index (χ1n) is 5.96. The summed E-state index contributed by atoms with van der Waals surface area (Å²) in [4.78, 5) is 8.90. The molecule has 0 amide bonds. The molecule has 0 N–H and O–H groups in total. The van der Waals surface area contributed by atoms with Crippen molar-refractivity contribution in [2.45, 2.75) is 12.8 Å². The second kappa shape index (κ2) is 5.35. The average molecular weight is 371 g/mol. The number of imidazole rings is 1. The molecular formula is C14H10BrCl2N3. The monoisotopic (exact) mass is 369 g/mol. The van der Waals surface area contributed by atoms with Gasteiger partial charge in [0.25, 0.3) is 0 Å². The Bertz CT molecular complexity index is 798. The second-order valence-electron chi connectivity index (χ2n) is 4.40. The van der Waals surface area contributed by atoms with Gasteiger partial charge in [-0.2, -0.15) is 0 Å². The van der Waals surface area contributed by atoms with Crippen molar-refractivity contribution in [3.8, 4) is 5.69 Å². The molecule has 0 aliphatic heterocycles. The van der Waals surface area contributed by atoms with Crippen LogP contribution in [0.5, 0.6) is 0 Å². The van der Waals surface area contributed by atoms with E-state index in [-0.39, 0.29) is 0 Å². The van der Waals surface area contributed by atoms with Gasteiger partial charge in [0, 0.05) is 15.7 Å². The van der Waals surface area contributed by atoms with Crippen LogP contribution < -0.4 is 0 Å². The molecule has 0 aliphatic carbocycles. The van der Waals surface area contributed by atoms with Crippen LogP contribution in [-0.2, 0) is 5.88 Å². The topological polar surface area (TPSA) is 30.7 Å². The van der Waals surface area contributed by atoms with Gasteiger partial charge in [0.1, 0.15) is 11.3 Å². The molecule has 2 aromatic heterocycles. The van der Waals surface area contributed by atoms with Gasteiger partial charge in [-0.1, -0.05) is 11.6 Å². The number of alkyl halides is 1. The van der Waals surface area contributed by atoms with E-state index in [1.165, 1.54) is 0 Å². The van der Waals surface area contributed by atoms with Gasteiger partial charge in [0.05, 0.1) is 11.6 Å². The van der Waals surface area contributed by atoms with Crippen LogP contribution in [0.25, 0.3) is 16.9 Å². The van der Waals surface area contributed by atoms with Crippen molar-refractivity contribution >= 4 is 50.3 Å². The van der Waals surface area contributed by atoms with Crippen molar-refractivity contribution in [3.63, 3.8) is 0 Å². The lowest BCUT2D eigenvalue weighted by atomic mass is 10.2. The molecule has 3 rings (SSSR count). The summed E-state index contributed by atoms with van der Waals surface area (Å²) in [6.07, 6.45) is 1.74. The number of hydrogen-bond acceptors (Lipinski definition) is 2. The third kappa shape index (κ3) is 2.22. The zero-order chi connectivity index (χ0) is 14.3. The van der Waals surface area contributed by atoms with E-state index in [9.17, 15) is 0 Å². The van der Waals surface area contributed by atoms with Crippen molar-refractivity contribution in [1.29, 1.82) is 0 Å². The maximum Gasteiger partial charge on any atom is 0.164 e. The van der Waals surface area contributed by atoms with Gasteiger partial charge in [-0.15, -0.1) is 11.6 Å². The highest BCUT2D eigenvalue weighted by atomic mass is 79.9. The van der Waals surface area contributed by atoms with E-state index in [4.69, 9.17) is 23.2 Å². The highest BCUT2D eigenvalue weighted by Crippen LogP contribution is 2.31. The van der Waals surface area contributed by atoms with Crippen LogP contribution in [0.1, 0.15) is 11.4 Å². The minimum absolute atomic E-state index is 0.300. The molecule has 102 valence electrons. The fourth-order valence-electron chi connectivity index (χ4n) is 2.11. The highest BCUT2D eigenvalue weighted by Gasteiger charge is 2.15. The molecule has 0 atom stereocenters. The molecule has 6 heteroatoms. The number of aryl methyl sites for hydroxylation is 1. The standard InChI is InChI=1S/C14H10BrCl2N3/c1-8-5-9(15)12(6-10(8)17)20-13(7-16)19-11-3-2-4-18-14(11)20/h2-6H,7H2,1H3. The summed E-state index contributed by atoms with van der Waals surface area (Å²) in [5.74, 6) is 1.04. The van der Waals surface area contributed by atoms with Crippen LogP contribution >= 0.6 is 39.1 Å². The van der Waals surface area contributed by atoms with Crippen LogP contribution in [0, 0.1) is 6.92 Å². The number of halogens is 3. The lowest BCUT2D eigenvalue weighted by Gasteiger charge is -2.11. The van der Waals surface area contributed by atoms with E-state index in [1.54, 1.807) is 6.20 Å². The normalized spacial score (nSPS) is 11.2. The van der Waals surface area contributed by atoms with Gasteiger partial charge < -0.3 is 0 Å². The fourth-order valence-corrected chi connectivity index (χ4v) is 3.08. The van der Waals surface area contributed by atoms with Crippen molar-refractivity contribution in [1.82, 2.24) is 14.5 Å². The Hall–Kier alpha value is -1.10. The zero-order valence-corrected chi connectivity index (χ0v) is 13.7. The van der Waals surface area contributed by atoms with Crippen LogP contribution in [0.3, 0.4) is 0 Å². The summed E-state index contributed by atoms with van der Waals surface area (Å²) >= 11 is 15.8. The summed E-state index contributed by atoms with van der Waals surface area (Å²) in [5, 5.41) is 0.696. The van der Waals surface area contributed by atoms with Gasteiger partial charge in [-0.3, -0.25) is 4.57 Å². The Morgan fingerprint density at radius 3 is 2.90 bits per heavy atom. The quantitative estimate of drug-likeness (QED) is 0.601. The van der Waals surface area contributed by atoms with E-state index >= 15 is 0 Å². The van der Waals surface area contributed by atoms with Gasteiger partial charge in [-0.25, -0.2) is 9.97 Å². The molecular weight excluding hydrogens is 361 g/mol. The average Bonchev–Trinajstić information content (AvgIpc) is 2.81. The Balaban J connectivity index is 2.36. The number of hydrogen-bond donors (Lipinski definition) is 0. The fraction of sp³-hybridized carbons (Fsp3) is 0.143. The molecule has 3 nitrogen and oxygen atoms in total. The predicted octanol–water partition coefficient (Wildman–Crippen LogP) is 4.88. The van der Waals surface area contributed by atoms with Crippen molar-refractivity contribution in [3.05, 3.63) is 51.3 Å². The molecule has 0 saturated carbocycles. The van der Waals surface area contributed by atoms with E-state index < -0.39 is 0 Å². The second-order valence-corrected chi connectivity index (χ2v) is 5.92. The summed E-state index contributed by atoms with van der Waals surface area (Å²) in [5.41, 5.74) is 3.47. The molecule has 1 aromatic carbocycles. The minimum Gasteiger partial charge on any atom is -0.278 e. The molecule has 0 fully saturated rings. The third-order valence-electron chi connectivity index (χ3n) is 3.07. The first kappa shape index (κ1) is 13.9. The first-order chi connectivity index (χ1) is 9.61. The number of benzene rings is 1. The summed E-state index contributed by atoms with van der Waals surface area (Å²) in [6.45, 7) is 1.96. The number of nitrogens with zero attached hydrogens (tertiary/aromatic N) is 3. The molecule has 3 aromatic rings. The van der Waals surface area contributed by atoms with E-state index in [0.29, 0.717) is 10.9 Å². The molecule has 2 heterocycles. The third-order valence-corrected chi connectivity index (χ3v) is 4.36. The lowest BCUT2D eigenvalue weighted by molar-refractivity contribution is 0.964. The number of aromatic nitrogens is 3. The van der Waals surface area contributed by atoms with Crippen LogP contribution in [0.2, 0.25) is 5.02 Å². The van der Waals surface area contributed by atoms with Crippen LogP contribution in [-0.4, -0.2) is 14.5 Å². The summed E-state index contributed by atoms with van der Waals surface area (Å²) < 4.78 is 2.85. The maximum absolute atomic E-state index is 6.24. The van der Waals surface area contributed by atoms with E-state index in [0.717, 1.165) is 32.7 Å². The molecule has 20 heavy (non-hydrogen) atoms. The number of fused-ring (bicyclic) bond motifs is 1. The first-order valence-corrected chi connectivity index (χ1v) is 7.66. The molecule has 0 unspecified atom stereocenters. The largest absolute Gasteiger partial charge is 0.278 e. The molecule has 0 radical (unpaired) electrons. The Morgan fingerprint density at radius 1 is 1.35 bits per heavy atom. The lowest BCUT2D eigenvalue weighted by Crippen LogP contribution is -2.02. The van der Waals surface area contributed by atoms with Gasteiger partial charge in [-0.05, 0) is 52.7 Å². The van der Waals surface area contributed by atoms with Crippen LogP contribution in [0.4, 0.5) is 0 Å². The van der Waals surface area contributed by atoms with E-state index in [1.807, 2.05) is 35.8 Å². The molecule has 0 saturated heterocycles. The van der Waals surface area contributed by atoms with Gasteiger partial charge in [0.2, 0.25) is 0 Å². The van der Waals surface area contributed by atoms with Gasteiger partial charge in [0.15, 0.2) is 5.65 Å². The molecule has 0 aliphatic rings. The van der Waals surface area contributed by atoms with Crippen LogP contribution in [0.15, 0.2) is 34.9 Å². The molecule has 0 spiro atoms. The smallest absolute Gasteiger partial charge is 0.164 e. The predicted molar refractivity (Wildman–Crippen MR) is 85.9 cm³/mol. The van der Waals surface area contributed by atoms with Gasteiger partial charge >= 0.3 is 0 Å². The SMILES string of the molecule is Cc1cc(Br)c(-n2c(CCl)nc3cccnc32)cc1Cl. The highest BCUT2D eigenvalue weighted by molar-refractivity contribution is 9.10. The Morgan fingerprint density at radius 2 is 2.15 bits per heavy atom. The van der Waals surface area contributed by atoms with Crippen molar-refractivity contribution in [2.75, 3.05) is 0 Å². The van der Waals surface area contributed by atoms with E-state index in [2.05, 4.69) is 25.9 Å². The van der Waals surface area contributed by atoms with Crippen molar-refractivity contribution in [2.24, 2.45) is 0 Å². The summed E-state index contributed by atoms with van der Waals surface area (Å²) in [7, 11) is 0. The molecule has 0 bridgehead atoms. The minimum atomic E-state index is 0.300. The number of rotatable bonds is 2. The van der Waals surface area contributed by atoms with Crippen molar-refractivity contribution < 1.29 is 0 Å². The summed E-state index contributed by atoms with van der Waals surface area (Å²) in [6, 6.07) is 7.64. The zero-order valence-electron chi connectivity index (χ0n) is 10.6.